The van der Waals surface area contributed by atoms with E-state index in [1.807, 2.05) is 32.9 Å². The SMILES string of the molecule is COC(=O)Oc1cccc(F)c1COc1cc(C)c(C)cc1C. The molecule has 0 unspecified atom stereocenters. The number of halogens is 1. The van der Waals surface area contributed by atoms with E-state index in [2.05, 4.69) is 4.74 Å². The summed E-state index contributed by atoms with van der Waals surface area (Å²) in [5.41, 5.74) is 3.37. The molecule has 23 heavy (non-hydrogen) atoms. The molecule has 0 aromatic heterocycles. The summed E-state index contributed by atoms with van der Waals surface area (Å²) in [5, 5.41) is 0. The third-order valence-electron chi connectivity index (χ3n) is 3.60. The maximum Gasteiger partial charge on any atom is 0.513 e. The highest BCUT2D eigenvalue weighted by molar-refractivity contribution is 5.64. The first kappa shape index (κ1) is 16.8. The summed E-state index contributed by atoms with van der Waals surface area (Å²) in [6.07, 6.45) is -0.904. The van der Waals surface area contributed by atoms with Crippen molar-refractivity contribution in [3.8, 4) is 11.5 Å². The second-order valence-electron chi connectivity index (χ2n) is 5.26. The van der Waals surface area contributed by atoms with Gasteiger partial charge in [0.1, 0.15) is 23.9 Å². The van der Waals surface area contributed by atoms with Crippen molar-refractivity contribution in [2.24, 2.45) is 0 Å². The van der Waals surface area contributed by atoms with E-state index in [9.17, 15) is 9.18 Å². The Hall–Kier alpha value is -2.56. The molecule has 0 fully saturated rings. The van der Waals surface area contributed by atoms with Crippen molar-refractivity contribution in [3.63, 3.8) is 0 Å². The number of hydrogen-bond donors (Lipinski definition) is 0. The first-order valence-electron chi connectivity index (χ1n) is 7.16. The molecular formula is C18H19FO4. The molecule has 0 aliphatic carbocycles. The van der Waals surface area contributed by atoms with Crippen LogP contribution in [0.1, 0.15) is 22.3 Å². The van der Waals surface area contributed by atoms with E-state index in [1.165, 1.54) is 25.3 Å². The quantitative estimate of drug-likeness (QED) is 0.616. The second kappa shape index (κ2) is 7.13. The highest BCUT2D eigenvalue weighted by Gasteiger charge is 2.15. The number of carbonyl (C=O) groups is 1. The first-order chi connectivity index (χ1) is 10.9. The fourth-order valence-corrected chi connectivity index (χ4v) is 2.15. The fourth-order valence-electron chi connectivity index (χ4n) is 2.15. The summed E-state index contributed by atoms with van der Waals surface area (Å²) in [6.45, 7) is 5.87. The van der Waals surface area contributed by atoms with Crippen molar-refractivity contribution in [1.82, 2.24) is 0 Å². The van der Waals surface area contributed by atoms with Crippen molar-refractivity contribution in [3.05, 3.63) is 58.4 Å². The summed E-state index contributed by atoms with van der Waals surface area (Å²) in [5.74, 6) is 0.242. The Balaban J connectivity index is 2.23. The van der Waals surface area contributed by atoms with Gasteiger partial charge in [-0.25, -0.2) is 9.18 Å². The molecule has 0 saturated heterocycles. The molecule has 0 atom stereocenters. The molecule has 2 rings (SSSR count). The first-order valence-corrected chi connectivity index (χ1v) is 7.16. The van der Waals surface area contributed by atoms with Crippen LogP contribution in [0.5, 0.6) is 11.5 Å². The van der Waals surface area contributed by atoms with Crippen LogP contribution < -0.4 is 9.47 Å². The average molecular weight is 318 g/mol. The van der Waals surface area contributed by atoms with E-state index in [4.69, 9.17) is 9.47 Å². The van der Waals surface area contributed by atoms with Crippen molar-refractivity contribution in [1.29, 1.82) is 0 Å². The molecule has 122 valence electrons. The minimum absolute atomic E-state index is 0.0532. The highest BCUT2D eigenvalue weighted by atomic mass is 19.1. The third-order valence-corrected chi connectivity index (χ3v) is 3.60. The van der Waals surface area contributed by atoms with Crippen LogP contribution in [-0.4, -0.2) is 13.3 Å². The Morgan fingerprint density at radius 1 is 1.04 bits per heavy atom. The number of benzene rings is 2. The molecule has 5 heteroatoms. The van der Waals surface area contributed by atoms with Crippen LogP contribution in [0.25, 0.3) is 0 Å². The number of methoxy groups -OCH3 is 1. The minimum Gasteiger partial charge on any atom is -0.488 e. The van der Waals surface area contributed by atoms with Gasteiger partial charge in [0.2, 0.25) is 0 Å². The molecule has 2 aromatic rings. The predicted octanol–water partition coefficient (Wildman–Crippen LogP) is 4.48. The average Bonchev–Trinajstić information content (AvgIpc) is 2.51. The molecule has 0 spiro atoms. The smallest absolute Gasteiger partial charge is 0.488 e. The lowest BCUT2D eigenvalue weighted by Crippen LogP contribution is -2.11. The lowest BCUT2D eigenvalue weighted by molar-refractivity contribution is 0.120. The van der Waals surface area contributed by atoms with E-state index in [0.29, 0.717) is 5.75 Å². The van der Waals surface area contributed by atoms with Gasteiger partial charge in [0.15, 0.2) is 0 Å². The normalized spacial score (nSPS) is 10.3. The predicted molar refractivity (Wildman–Crippen MR) is 84.4 cm³/mol. The zero-order valence-electron chi connectivity index (χ0n) is 13.6. The zero-order chi connectivity index (χ0) is 17.0. The van der Waals surface area contributed by atoms with Gasteiger partial charge in [0.05, 0.1) is 12.7 Å². The van der Waals surface area contributed by atoms with Crippen LogP contribution in [-0.2, 0) is 11.3 Å². The molecule has 0 heterocycles. The Bertz CT molecular complexity index is 725. The van der Waals surface area contributed by atoms with Crippen LogP contribution in [0.3, 0.4) is 0 Å². The standard InChI is InChI=1S/C18H19FO4/c1-11-8-13(3)17(9-12(11)2)22-10-14-15(19)6-5-7-16(14)23-18(20)21-4/h5-9H,10H2,1-4H3. The van der Waals surface area contributed by atoms with Gasteiger partial charge >= 0.3 is 6.16 Å². The van der Waals surface area contributed by atoms with Crippen LogP contribution in [0.4, 0.5) is 9.18 Å². The van der Waals surface area contributed by atoms with E-state index in [0.717, 1.165) is 16.7 Å². The number of hydrogen-bond acceptors (Lipinski definition) is 4. The van der Waals surface area contributed by atoms with Gasteiger partial charge in [-0.15, -0.1) is 0 Å². The number of ether oxygens (including phenoxy) is 3. The molecule has 0 aliphatic heterocycles. The van der Waals surface area contributed by atoms with Gasteiger partial charge in [-0.05, 0) is 55.7 Å². The van der Waals surface area contributed by atoms with Gasteiger partial charge in [-0.1, -0.05) is 12.1 Å². The van der Waals surface area contributed by atoms with Crippen LogP contribution >= 0.6 is 0 Å². The summed E-state index contributed by atoms with van der Waals surface area (Å²) < 4.78 is 29.2. The Morgan fingerprint density at radius 2 is 1.74 bits per heavy atom. The van der Waals surface area contributed by atoms with Crippen molar-refractivity contribution >= 4 is 6.16 Å². The summed E-state index contributed by atoms with van der Waals surface area (Å²) >= 11 is 0. The van der Waals surface area contributed by atoms with Crippen LogP contribution in [0, 0.1) is 26.6 Å². The molecule has 0 saturated carbocycles. The maximum atomic E-state index is 14.0. The zero-order valence-corrected chi connectivity index (χ0v) is 13.6. The van der Waals surface area contributed by atoms with E-state index in [-0.39, 0.29) is 17.9 Å². The van der Waals surface area contributed by atoms with Crippen molar-refractivity contribution < 1.29 is 23.4 Å². The van der Waals surface area contributed by atoms with Gasteiger partial charge in [-0.2, -0.15) is 0 Å². The molecular weight excluding hydrogens is 299 g/mol. The number of aryl methyl sites for hydroxylation is 3. The lowest BCUT2D eigenvalue weighted by Gasteiger charge is -2.14. The molecule has 0 bridgehead atoms. The molecule has 4 nitrogen and oxygen atoms in total. The summed E-state index contributed by atoms with van der Waals surface area (Å²) in [7, 11) is 1.19. The van der Waals surface area contributed by atoms with Crippen molar-refractivity contribution in [2.75, 3.05) is 7.11 Å². The number of carbonyl (C=O) groups excluding carboxylic acids is 1. The Kier molecular flexibility index (Phi) is 5.21. The molecule has 2 aromatic carbocycles. The Labute approximate surface area is 134 Å². The monoisotopic (exact) mass is 318 g/mol. The maximum absolute atomic E-state index is 14.0. The van der Waals surface area contributed by atoms with E-state index in [1.54, 1.807) is 0 Å². The topological polar surface area (TPSA) is 44.8 Å². The number of rotatable bonds is 4. The van der Waals surface area contributed by atoms with Gasteiger partial charge in [0, 0.05) is 0 Å². The lowest BCUT2D eigenvalue weighted by atomic mass is 10.1. The van der Waals surface area contributed by atoms with Gasteiger partial charge < -0.3 is 14.2 Å². The molecule has 0 aliphatic rings. The molecule has 0 radical (unpaired) electrons. The van der Waals surface area contributed by atoms with Crippen molar-refractivity contribution in [2.45, 2.75) is 27.4 Å². The summed E-state index contributed by atoms with van der Waals surface area (Å²) in [6, 6.07) is 8.16. The van der Waals surface area contributed by atoms with E-state index < -0.39 is 12.0 Å². The molecule has 0 amide bonds. The molecule has 0 N–H and O–H groups in total. The Morgan fingerprint density at radius 3 is 2.43 bits per heavy atom. The van der Waals surface area contributed by atoms with E-state index >= 15 is 0 Å². The van der Waals surface area contributed by atoms with Gasteiger partial charge in [-0.3, -0.25) is 0 Å². The summed E-state index contributed by atoms with van der Waals surface area (Å²) in [4.78, 5) is 11.2. The fraction of sp³-hybridized carbons (Fsp3) is 0.278. The van der Waals surface area contributed by atoms with Crippen LogP contribution in [0.15, 0.2) is 30.3 Å². The van der Waals surface area contributed by atoms with Gasteiger partial charge in [0.25, 0.3) is 0 Å². The van der Waals surface area contributed by atoms with Crippen LogP contribution in [0.2, 0.25) is 0 Å². The third kappa shape index (κ3) is 4.00. The highest BCUT2D eigenvalue weighted by Crippen LogP contribution is 2.27. The second-order valence-corrected chi connectivity index (χ2v) is 5.26. The largest absolute Gasteiger partial charge is 0.513 e. The minimum atomic E-state index is -0.904.